The molecule has 0 N–H and O–H groups in total. The van der Waals surface area contributed by atoms with E-state index in [1.807, 2.05) is 0 Å². The third kappa shape index (κ3) is 8.09. The van der Waals surface area contributed by atoms with Gasteiger partial charge in [-0.2, -0.15) is 22.0 Å². The number of unbranched alkanes of at least 4 members (excludes halogenated alkanes) is 2. The molecule has 0 radical (unpaired) electrons. The van der Waals surface area contributed by atoms with Gasteiger partial charge in [-0.1, -0.05) is 26.7 Å². The first-order valence-electron chi connectivity index (χ1n) is 6.56. The van der Waals surface area contributed by atoms with Crippen molar-refractivity contribution in [2.75, 3.05) is 19.8 Å². The van der Waals surface area contributed by atoms with Gasteiger partial charge in [0.25, 0.3) is 0 Å². The maximum atomic E-state index is 12.8. The first-order chi connectivity index (χ1) is 9.58. The Morgan fingerprint density at radius 3 is 1.62 bits per heavy atom. The van der Waals surface area contributed by atoms with Gasteiger partial charge in [-0.3, -0.25) is 13.6 Å². The number of halogens is 5. The fourth-order valence-corrected chi connectivity index (χ4v) is 2.24. The Hall–Kier alpha value is -0.240. The van der Waals surface area contributed by atoms with Crippen molar-refractivity contribution in [3.63, 3.8) is 0 Å². The molecule has 0 amide bonds. The molecule has 0 atom stereocenters. The summed E-state index contributed by atoms with van der Waals surface area (Å²) < 4.78 is 87.2. The van der Waals surface area contributed by atoms with Crippen LogP contribution in [0.25, 0.3) is 0 Å². The van der Waals surface area contributed by atoms with Gasteiger partial charge in [0.2, 0.25) is 0 Å². The summed E-state index contributed by atoms with van der Waals surface area (Å²) in [5, 5.41) is 0. The average molecular weight is 342 g/mol. The second kappa shape index (κ2) is 9.02. The normalized spacial score (nSPS) is 13.7. The molecule has 0 heterocycles. The van der Waals surface area contributed by atoms with E-state index in [4.69, 9.17) is 9.05 Å². The number of hydrogen-bond acceptors (Lipinski definition) is 4. The highest BCUT2D eigenvalue weighted by atomic mass is 31.2. The van der Waals surface area contributed by atoms with Gasteiger partial charge in [0.15, 0.2) is 0 Å². The number of phosphoric ester groups is 1. The van der Waals surface area contributed by atoms with Crippen molar-refractivity contribution < 1.29 is 40.1 Å². The molecule has 0 aromatic rings. The van der Waals surface area contributed by atoms with Crippen molar-refractivity contribution in [3.05, 3.63) is 0 Å². The van der Waals surface area contributed by atoms with Gasteiger partial charge in [-0.15, -0.1) is 0 Å². The molecule has 0 saturated carbocycles. The van der Waals surface area contributed by atoms with Gasteiger partial charge in [-0.05, 0) is 12.8 Å². The summed E-state index contributed by atoms with van der Waals surface area (Å²) in [6, 6.07) is 0. The highest BCUT2D eigenvalue weighted by molar-refractivity contribution is 7.48. The number of phosphoric acid groups is 1. The summed E-state index contributed by atoms with van der Waals surface area (Å²) >= 11 is 0. The molecule has 0 saturated heterocycles. The molecule has 0 aromatic heterocycles. The lowest BCUT2D eigenvalue weighted by Crippen LogP contribution is -2.40. The monoisotopic (exact) mass is 342 g/mol. The van der Waals surface area contributed by atoms with Crippen LogP contribution in [0.1, 0.15) is 39.5 Å². The zero-order chi connectivity index (χ0) is 16.6. The predicted octanol–water partition coefficient (Wildman–Crippen LogP) is 4.94. The smallest absolute Gasteiger partial charge is 0.287 e. The van der Waals surface area contributed by atoms with Crippen LogP contribution in [0, 0.1) is 0 Å². The minimum absolute atomic E-state index is 0.114. The molecule has 4 nitrogen and oxygen atoms in total. The molecule has 0 rings (SSSR count). The van der Waals surface area contributed by atoms with E-state index in [9.17, 15) is 26.5 Å². The lowest BCUT2D eigenvalue weighted by molar-refractivity contribution is -0.291. The molecule has 0 aliphatic rings. The van der Waals surface area contributed by atoms with Crippen LogP contribution in [0.2, 0.25) is 0 Å². The summed E-state index contributed by atoms with van der Waals surface area (Å²) in [5.74, 6) is -5.12. The van der Waals surface area contributed by atoms with E-state index in [-0.39, 0.29) is 13.2 Å². The Kier molecular flexibility index (Phi) is 8.92. The first-order valence-corrected chi connectivity index (χ1v) is 8.02. The van der Waals surface area contributed by atoms with Gasteiger partial charge in [0.1, 0.15) is 6.61 Å². The quantitative estimate of drug-likeness (QED) is 0.303. The molecule has 0 aliphatic carbocycles. The minimum Gasteiger partial charge on any atom is -0.287 e. The van der Waals surface area contributed by atoms with Crippen LogP contribution < -0.4 is 0 Å². The molecule has 0 aliphatic heterocycles. The van der Waals surface area contributed by atoms with Crippen LogP contribution in [-0.4, -0.2) is 31.9 Å². The summed E-state index contributed by atoms with van der Waals surface area (Å²) in [4.78, 5) is 0. The van der Waals surface area contributed by atoms with Crippen LogP contribution in [0.3, 0.4) is 0 Å². The molecule has 128 valence electrons. The second-order valence-corrected chi connectivity index (χ2v) is 5.97. The molecular weight excluding hydrogens is 322 g/mol. The van der Waals surface area contributed by atoms with E-state index in [1.54, 1.807) is 13.8 Å². The van der Waals surface area contributed by atoms with Crippen molar-refractivity contribution in [2.45, 2.75) is 51.6 Å². The molecule has 0 spiro atoms. The second-order valence-electron chi connectivity index (χ2n) is 4.30. The lowest BCUT2D eigenvalue weighted by Gasteiger charge is -2.23. The van der Waals surface area contributed by atoms with Gasteiger partial charge < -0.3 is 0 Å². The molecular formula is C11H20F5O4P. The van der Waals surface area contributed by atoms with E-state index < -0.39 is 26.5 Å². The third-order valence-electron chi connectivity index (χ3n) is 2.31. The Bertz CT molecular complexity index is 321. The third-order valence-corrected chi connectivity index (χ3v) is 3.76. The summed E-state index contributed by atoms with van der Waals surface area (Å²) in [7, 11) is -4.42. The average Bonchev–Trinajstić information content (AvgIpc) is 2.36. The number of hydrogen-bond donors (Lipinski definition) is 0. The van der Waals surface area contributed by atoms with Crippen LogP contribution in [-0.2, 0) is 18.1 Å². The first kappa shape index (κ1) is 20.8. The summed E-state index contributed by atoms with van der Waals surface area (Å²) in [6.07, 6.45) is -3.58. The highest BCUT2D eigenvalue weighted by Crippen LogP contribution is 2.51. The van der Waals surface area contributed by atoms with Crippen molar-refractivity contribution in [3.8, 4) is 0 Å². The topological polar surface area (TPSA) is 44.8 Å². The fourth-order valence-electron chi connectivity index (χ4n) is 0.995. The van der Waals surface area contributed by atoms with Crippen molar-refractivity contribution in [1.82, 2.24) is 0 Å². The standard InChI is InChI=1S/C11H20F5O4P/c1-3-5-7-18-21(17,19-8-6-4-2)20-9-10(12,13)11(14,15)16/h3-9H2,1-2H3. The van der Waals surface area contributed by atoms with Crippen molar-refractivity contribution in [2.24, 2.45) is 0 Å². The fraction of sp³-hybridized carbons (Fsp3) is 1.00. The zero-order valence-electron chi connectivity index (χ0n) is 11.9. The molecule has 0 unspecified atom stereocenters. The molecule has 0 fully saturated rings. The molecule has 21 heavy (non-hydrogen) atoms. The van der Waals surface area contributed by atoms with Crippen LogP contribution in [0.4, 0.5) is 22.0 Å². The van der Waals surface area contributed by atoms with Crippen LogP contribution >= 0.6 is 7.82 Å². The maximum Gasteiger partial charge on any atom is 0.474 e. The molecule has 0 bridgehead atoms. The zero-order valence-corrected chi connectivity index (χ0v) is 12.8. The largest absolute Gasteiger partial charge is 0.474 e. The predicted molar refractivity (Wildman–Crippen MR) is 66.3 cm³/mol. The van der Waals surface area contributed by atoms with E-state index in [0.717, 1.165) is 0 Å². The van der Waals surface area contributed by atoms with E-state index >= 15 is 0 Å². The number of rotatable bonds is 11. The maximum absolute atomic E-state index is 12.8. The van der Waals surface area contributed by atoms with Crippen LogP contribution in [0.15, 0.2) is 0 Å². The van der Waals surface area contributed by atoms with Gasteiger partial charge in [-0.25, -0.2) is 4.57 Å². The minimum atomic E-state index is -5.79. The Morgan fingerprint density at radius 2 is 1.29 bits per heavy atom. The summed E-state index contributed by atoms with van der Waals surface area (Å²) in [6.45, 7) is 1.26. The van der Waals surface area contributed by atoms with Crippen molar-refractivity contribution in [1.29, 1.82) is 0 Å². The van der Waals surface area contributed by atoms with E-state index in [0.29, 0.717) is 25.7 Å². The number of alkyl halides is 5. The SMILES string of the molecule is CCCCOP(=O)(OCCCC)OCC(F)(F)C(F)(F)F. The van der Waals surface area contributed by atoms with Gasteiger partial charge >= 0.3 is 19.9 Å². The van der Waals surface area contributed by atoms with E-state index in [2.05, 4.69) is 4.52 Å². The van der Waals surface area contributed by atoms with Crippen LogP contribution in [0.5, 0.6) is 0 Å². The Labute approximate surface area is 120 Å². The molecule has 0 aromatic carbocycles. The highest BCUT2D eigenvalue weighted by Gasteiger charge is 2.58. The van der Waals surface area contributed by atoms with Gasteiger partial charge in [0, 0.05) is 0 Å². The molecule has 10 heteroatoms. The lowest BCUT2D eigenvalue weighted by atomic mass is 10.3. The van der Waals surface area contributed by atoms with Crippen molar-refractivity contribution >= 4 is 7.82 Å². The summed E-state index contributed by atoms with van der Waals surface area (Å²) in [5.41, 5.74) is 0. The Balaban J connectivity index is 4.62. The Morgan fingerprint density at radius 1 is 0.857 bits per heavy atom. The van der Waals surface area contributed by atoms with Gasteiger partial charge in [0.05, 0.1) is 13.2 Å². The van der Waals surface area contributed by atoms with E-state index in [1.165, 1.54) is 0 Å².